The van der Waals surface area contributed by atoms with Crippen LogP contribution in [0.25, 0.3) is 11.5 Å². The van der Waals surface area contributed by atoms with Crippen LogP contribution in [0.2, 0.25) is 0 Å². The van der Waals surface area contributed by atoms with E-state index in [-0.39, 0.29) is 5.92 Å². The third-order valence-electron chi connectivity index (χ3n) is 4.18. The van der Waals surface area contributed by atoms with E-state index in [0.29, 0.717) is 24.2 Å². The lowest BCUT2D eigenvalue weighted by Crippen LogP contribution is -2.00. The number of pyridine rings is 1. The second kappa shape index (κ2) is 5.11. The van der Waals surface area contributed by atoms with E-state index in [1.54, 1.807) is 7.11 Å². The maximum absolute atomic E-state index is 5.43. The zero-order valence-corrected chi connectivity index (χ0v) is 12.0. The van der Waals surface area contributed by atoms with Gasteiger partial charge in [-0.05, 0) is 37.3 Å². The molecule has 6 nitrogen and oxygen atoms in total. The summed E-state index contributed by atoms with van der Waals surface area (Å²) in [5.74, 6) is 1.99. The van der Waals surface area contributed by atoms with E-state index in [9.17, 15) is 0 Å². The molecule has 1 saturated heterocycles. The van der Waals surface area contributed by atoms with Gasteiger partial charge in [0.25, 0.3) is 5.89 Å². The molecule has 3 heterocycles. The Bertz CT molecular complexity index is 662. The highest BCUT2D eigenvalue weighted by Crippen LogP contribution is 2.33. The van der Waals surface area contributed by atoms with Crippen LogP contribution in [0.1, 0.15) is 35.8 Å². The number of ether oxygens (including phenoxy) is 2. The van der Waals surface area contributed by atoms with Crippen LogP contribution in [-0.4, -0.2) is 35.4 Å². The molecule has 110 valence electrons. The van der Waals surface area contributed by atoms with Crippen LogP contribution in [0.15, 0.2) is 10.6 Å². The average Bonchev–Trinajstić information content (AvgIpc) is 3.24. The summed E-state index contributed by atoms with van der Waals surface area (Å²) in [6, 6.07) is 2.08. The predicted molar refractivity (Wildman–Crippen MR) is 74.3 cm³/mol. The Labute approximate surface area is 122 Å². The second-order valence-electron chi connectivity index (χ2n) is 5.52. The van der Waals surface area contributed by atoms with Gasteiger partial charge in [0.15, 0.2) is 5.82 Å². The predicted octanol–water partition coefficient (Wildman–Crippen LogP) is 2.13. The highest BCUT2D eigenvalue weighted by molar-refractivity contribution is 5.62. The third kappa shape index (κ3) is 2.19. The molecule has 0 radical (unpaired) electrons. The van der Waals surface area contributed by atoms with Gasteiger partial charge in [0.2, 0.25) is 5.88 Å². The molecule has 0 N–H and O–H groups in total. The van der Waals surface area contributed by atoms with Crippen LogP contribution < -0.4 is 4.74 Å². The fourth-order valence-electron chi connectivity index (χ4n) is 3.01. The fourth-order valence-corrected chi connectivity index (χ4v) is 3.01. The molecule has 0 aromatic carbocycles. The largest absolute Gasteiger partial charge is 0.480 e. The summed E-state index contributed by atoms with van der Waals surface area (Å²) in [5.41, 5.74) is 3.17. The molecular weight excluding hydrogens is 270 g/mol. The van der Waals surface area contributed by atoms with Crippen LogP contribution in [0, 0.1) is 0 Å². The lowest BCUT2D eigenvalue weighted by molar-refractivity contribution is 0.192. The number of nitrogens with zero attached hydrogens (tertiary/aromatic N) is 3. The number of rotatable bonds is 3. The Hall–Kier alpha value is -1.95. The first-order valence-corrected chi connectivity index (χ1v) is 7.33. The van der Waals surface area contributed by atoms with Gasteiger partial charge in [-0.1, -0.05) is 5.16 Å². The molecule has 0 unspecified atom stereocenters. The van der Waals surface area contributed by atoms with Crippen molar-refractivity contribution in [1.29, 1.82) is 0 Å². The summed E-state index contributed by atoms with van der Waals surface area (Å²) in [4.78, 5) is 9.10. The summed E-state index contributed by atoms with van der Waals surface area (Å²) < 4.78 is 16.2. The highest BCUT2D eigenvalue weighted by Gasteiger charge is 2.26. The Kier molecular flexibility index (Phi) is 3.11. The topological polar surface area (TPSA) is 70.3 Å². The molecule has 4 rings (SSSR count). The first-order chi connectivity index (χ1) is 10.3. The minimum atomic E-state index is 0.232. The van der Waals surface area contributed by atoms with E-state index in [1.165, 1.54) is 5.56 Å². The van der Waals surface area contributed by atoms with Crippen LogP contribution in [-0.2, 0) is 17.6 Å². The molecule has 0 bridgehead atoms. The third-order valence-corrected chi connectivity index (χ3v) is 4.18. The van der Waals surface area contributed by atoms with Crippen LogP contribution in [0.3, 0.4) is 0 Å². The quantitative estimate of drug-likeness (QED) is 0.861. The van der Waals surface area contributed by atoms with Gasteiger partial charge in [0, 0.05) is 18.2 Å². The van der Waals surface area contributed by atoms with E-state index >= 15 is 0 Å². The molecule has 6 heteroatoms. The summed E-state index contributed by atoms with van der Waals surface area (Å²) in [5, 5.41) is 4.09. The van der Waals surface area contributed by atoms with Crippen molar-refractivity contribution in [3.05, 3.63) is 23.1 Å². The first kappa shape index (κ1) is 12.8. The molecule has 2 aliphatic rings. The molecule has 21 heavy (non-hydrogen) atoms. The second-order valence-corrected chi connectivity index (χ2v) is 5.52. The van der Waals surface area contributed by atoms with E-state index in [4.69, 9.17) is 14.0 Å². The van der Waals surface area contributed by atoms with Crippen LogP contribution in [0.5, 0.6) is 5.88 Å². The summed E-state index contributed by atoms with van der Waals surface area (Å²) in [6.45, 7) is 1.43. The molecule has 0 saturated carbocycles. The van der Waals surface area contributed by atoms with E-state index in [2.05, 4.69) is 21.2 Å². The van der Waals surface area contributed by atoms with Gasteiger partial charge in [0.1, 0.15) is 5.56 Å². The number of fused-ring (bicyclic) bond motifs is 1. The van der Waals surface area contributed by atoms with Crippen LogP contribution >= 0.6 is 0 Å². The van der Waals surface area contributed by atoms with E-state index in [0.717, 1.165) is 43.5 Å². The fraction of sp³-hybridized carbons (Fsp3) is 0.533. The molecule has 0 amide bonds. The number of methoxy groups -OCH3 is 1. The van der Waals surface area contributed by atoms with Gasteiger partial charge >= 0.3 is 0 Å². The van der Waals surface area contributed by atoms with Crippen LogP contribution in [0.4, 0.5) is 0 Å². The number of hydrogen-bond donors (Lipinski definition) is 0. The minimum Gasteiger partial charge on any atom is -0.480 e. The minimum absolute atomic E-state index is 0.232. The highest BCUT2D eigenvalue weighted by atomic mass is 16.5. The molecule has 1 atom stereocenters. The zero-order valence-electron chi connectivity index (χ0n) is 12.0. The standard InChI is InChI=1S/C15H17N3O3/c1-19-14-11(7-9-3-2-4-12(9)16-14)15-17-13(18-21-15)10-5-6-20-8-10/h7,10H,2-6,8H2,1H3/t10-/m0/s1. The van der Waals surface area contributed by atoms with Gasteiger partial charge in [-0.2, -0.15) is 4.98 Å². The van der Waals surface area contributed by atoms with Gasteiger partial charge in [-0.15, -0.1) is 0 Å². The molecule has 1 fully saturated rings. The Balaban J connectivity index is 1.72. The Morgan fingerprint density at radius 1 is 1.29 bits per heavy atom. The van der Waals surface area contributed by atoms with Crippen molar-refractivity contribution in [3.8, 4) is 17.3 Å². The first-order valence-electron chi connectivity index (χ1n) is 7.33. The molecular formula is C15H17N3O3. The molecule has 1 aliphatic carbocycles. The van der Waals surface area contributed by atoms with Gasteiger partial charge in [-0.25, -0.2) is 4.98 Å². The normalized spacial score (nSPS) is 20.7. The van der Waals surface area contributed by atoms with Crippen molar-refractivity contribution in [2.24, 2.45) is 0 Å². The Morgan fingerprint density at radius 3 is 3.05 bits per heavy atom. The number of aryl methyl sites for hydroxylation is 2. The van der Waals surface area contributed by atoms with Gasteiger partial charge in [0.05, 0.1) is 13.7 Å². The van der Waals surface area contributed by atoms with Crippen molar-refractivity contribution in [1.82, 2.24) is 15.1 Å². The van der Waals surface area contributed by atoms with Gasteiger partial charge < -0.3 is 14.0 Å². The molecule has 1 aliphatic heterocycles. The lowest BCUT2D eigenvalue weighted by atomic mass is 10.1. The zero-order chi connectivity index (χ0) is 14.2. The summed E-state index contributed by atoms with van der Waals surface area (Å²) >= 11 is 0. The van der Waals surface area contributed by atoms with E-state index in [1.807, 2.05) is 0 Å². The van der Waals surface area contributed by atoms with Gasteiger partial charge in [-0.3, -0.25) is 0 Å². The van der Waals surface area contributed by atoms with Crippen molar-refractivity contribution >= 4 is 0 Å². The smallest absolute Gasteiger partial charge is 0.263 e. The average molecular weight is 287 g/mol. The van der Waals surface area contributed by atoms with Crippen molar-refractivity contribution < 1.29 is 14.0 Å². The lowest BCUT2D eigenvalue weighted by Gasteiger charge is -2.07. The van der Waals surface area contributed by atoms with E-state index < -0.39 is 0 Å². The maximum Gasteiger partial charge on any atom is 0.263 e. The maximum atomic E-state index is 5.43. The molecule has 2 aromatic heterocycles. The summed E-state index contributed by atoms with van der Waals surface area (Å²) in [6.07, 6.45) is 4.15. The Morgan fingerprint density at radius 2 is 2.24 bits per heavy atom. The number of aromatic nitrogens is 3. The SMILES string of the molecule is COc1nc2c(cc1-c1nc([C@H]3CCOC3)no1)CCC2. The monoisotopic (exact) mass is 287 g/mol. The van der Waals surface area contributed by atoms with Crippen molar-refractivity contribution in [2.45, 2.75) is 31.6 Å². The molecule has 0 spiro atoms. The number of hydrogen-bond acceptors (Lipinski definition) is 6. The van der Waals surface area contributed by atoms with Crippen molar-refractivity contribution in [3.63, 3.8) is 0 Å². The molecule has 2 aromatic rings. The summed E-state index contributed by atoms with van der Waals surface area (Å²) in [7, 11) is 1.62. The van der Waals surface area contributed by atoms with Crippen molar-refractivity contribution in [2.75, 3.05) is 20.3 Å².